The van der Waals surface area contributed by atoms with Crippen molar-refractivity contribution in [1.82, 2.24) is 4.98 Å². The van der Waals surface area contributed by atoms with E-state index in [0.717, 1.165) is 6.07 Å². The van der Waals surface area contributed by atoms with Crippen LogP contribution < -0.4 is 4.90 Å². The van der Waals surface area contributed by atoms with Gasteiger partial charge in [0, 0.05) is 5.56 Å². The van der Waals surface area contributed by atoms with Crippen LogP contribution in [0.5, 0.6) is 0 Å². The van der Waals surface area contributed by atoms with Crippen molar-refractivity contribution in [3.8, 4) is 0 Å². The second-order valence-electron chi connectivity index (χ2n) is 5.56. The Morgan fingerprint density at radius 2 is 1.96 bits per heavy atom. The molecule has 0 spiro atoms. The number of aromatic nitrogens is 1. The quantitative estimate of drug-likeness (QED) is 0.507. The molecule has 130 valence electrons. The molecule has 0 fully saturated rings. The smallest absolute Gasteiger partial charge is 0.260 e. The molecule has 0 radical (unpaired) electrons. The van der Waals surface area contributed by atoms with Gasteiger partial charge in [0.15, 0.2) is 5.13 Å². The molecule has 2 heterocycles. The Balaban J connectivity index is 1.79. The van der Waals surface area contributed by atoms with Crippen molar-refractivity contribution in [3.63, 3.8) is 0 Å². The van der Waals surface area contributed by atoms with Crippen molar-refractivity contribution in [2.45, 2.75) is 6.54 Å². The van der Waals surface area contributed by atoms with E-state index in [1.165, 1.54) is 46.8 Å². The maximum absolute atomic E-state index is 14.0. The van der Waals surface area contributed by atoms with Crippen LogP contribution in [0.4, 0.5) is 13.9 Å². The molecule has 4 nitrogen and oxygen atoms in total. The van der Waals surface area contributed by atoms with E-state index in [9.17, 15) is 13.6 Å². The van der Waals surface area contributed by atoms with Crippen molar-refractivity contribution in [2.75, 3.05) is 4.90 Å². The van der Waals surface area contributed by atoms with Crippen LogP contribution in [0.2, 0.25) is 0 Å². The van der Waals surface area contributed by atoms with Crippen LogP contribution in [0.25, 0.3) is 10.2 Å². The molecule has 0 saturated carbocycles. The number of thiazole rings is 1. The third-order valence-corrected chi connectivity index (χ3v) is 4.84. The molecule has 1 amide bonds. The predicted octanol–water partition coefficient (Wildman–Crippen LogP) is 5.01. The number of amides is 1. The zero-order valence-corrected chi connectivity index (χ0v) is 14.2. The fourth-order valence-electron chi connectivity index (χ4n) is 2.58. The lowest BCUT2D eigenvalue weighted by Gasteiger charge is -2.18. The number of para-hydroxylation sites is 1. The van der Waals surface area contributed by atoms with E-state index >= 15 is 0 Å². The predicted molar refractivity (Wildman–Crippen MR) is 95.2 cm³/mol. The van der Waals surface area contributed by atoms with Gasteiger partial charge in [0.2, 0.25) is 0 Å². The van der Waals surface area contributed by atoms with Gasteiger partial charge in [0.1, 0.15) is 22.9 Å². The lowest BCUT2D eigenvalue weighted by molar-refractivity contribution is 0.0983. The number of anilines is 1. The summed E-state index contributed by atoms with van der Waals surface area (Å²) in [6.45, 7) is 0.101. The number of halogens is 2. The summed E-state index contributed by atoms with van der Waals surface area (Å²) in [5, 5.41) is 0.316. The second-order valence-corrected chi connectivity index (χ2v) is 6.57. The third kappa shape index (κ3) is 3.09. The number of hydrogen-bond donors (Lipinski definition) is 0. The molecule has 0 aliphatic carbocycles. The number of carbonyl (C=O) groups is 1. The fraction of sp³-hybridized carbons (Fsp3) is 0.0526. The molecule has 0 aliphatic heterocycles. The molecule has 7 heteroatoms. The van der Waals surface area contributed by atoms with Crippen molar-refractivity contribution in [2.24, 2.45) is 0 Å². The van der Waals surface area contributed by atoms with E-state index in [0.29, 0.717) is 15.6 Å². The summed E-state index contributed by atoms with van der Waals surface area (Å²) < 4.78 is 33.5. The molecule has 0 unspecified atom stereocenters. The average Bonchev–Trinajstić information content (AvgIpc) is 3.29. The Labute approximate surface area is 151 Å². The number of carbonyl (C=O) groups excluding carboxylic acids is 1. The van der Waals surface area contributed by atoms with E-state index in [4.69, 9.17) is 4.42 Å². The van der Waals surface area contributed by atoms with Crippen molar-refractivity contribution < 1.29 is 18.0 Å². The molecule has 4 rings (SSSR count). The number of nitrogens with zero attached hydrogens (tertiary/aromatic N) is 2. The van der Waals surface area contributed by atoms with Crippen molar-refractivity contribution in [3.05, 3.63) is 83.8 Å². The first-order chi connectivity index (χ1) is 12.6. The first kappa shape index (κ1) is 16.4. The Morgan fingerprint density at radius 1 is 1.12 bits per heavy atom. The van der Waals surface area contributed by atoms with Gasteiger partial charge in [-0.05, 0) is 42.5 Å². The molecule has 2 aromatic carbocycles. The van der Waals surface area contributed by atoms with Gasteiger partial charge in [0.25, 0.3) is 5.91 Å². The molecule has 0 bridgehead atoms. The molecular formula is C19H12F2N2O2S. The van der Waals surface area contributed by atoms with Crippen LogP contribution in [0.15, 0.2) is 65.3 Å². The monoisotopic (exact) mass is 370 g/mol. The number of rotatable bonds is 4. The molecule has 4 aromatic rings. The number of hydrogen-bond acceptors (Lipinski definition) is 4. The van der Waals surface area contributed by atoms with E-state index in [2.05, 4.69) is 4.98 Å². The summed E-state index contributed by atoms with van der Waals surface area (Å²) in [7, 11) is 0. The van der Waals surface area contributed by atoms with Crippen LogP contribution in [-0.2, 0) is 6.54 Å². The molecule has 2 aromatic heterocycles. The summed E-state index contributed by atoms with van der Waals surface area (Å²) in [6.07, 6.45) is 1.50. The average molecular weight is 370 g/mol. The standard InChI is InChI=1S/C19H12F2N2O2S/c20-13-5-1-4-12(10-13)18(24)23(11-14-6-3-9-25-14)19-22-17-15(21)7-2-8-16(17)26-19/h1-10H,11H2. The van der Waals surface area contributed by atoms with E-state index in [1.54, 1.807) is 24.3 Å². The van der Waals surface area contributed by atoms with Gasteiger partial charge in [-0.2, -0.15) is 0 Å². The highest BCUT2D eigenvalue weighted by molar-refractivity contribution is 7.22. The first-order valence-electron chi connectivity index (χ1n) is 7.77. The largest absolute Gasteiger partial charge is 0.467 e. The van der Waals surface area contributed by atoms with Crippen LogP contribution in [0, 0.1) is 11.6 Å². The first-order valence-corrected chi connectivity index (χ1v) is 8.58. The molecule has 0 aliphatic rings. The van der Waals surface area contributed by atoms with Crippen LogP contribution in [0.1, 0.15) is 16.1 Å². The molecular weight excluding hydrogens is 358 g/mol. The van der Waals surface area contributed by atoms with E-state index in [-0.39, 0.29) is 17.6 Å². The minimum Gasteiger partial charge on any atom is -0.467 e. The normalized spacial score (nSPS) is 11.0. The topological polar surface area (TPSA) is 46.3 Å². The van der Waals surface area contributed by atoms with Crippen LogP contribution >= 0.6 is 11.3 Å². The van der Waals surface area contributed by atoms with Crippen molar-refractivity contribution >= 4 is 32.6 Å². The van der Waals surface area contributed by atoms with Gasteiger partial charge in [0.05, 0.1) is 17.5 Å². The minimum atomic E-state index is -0.510. The minimum absolute atomic E-state index is 0.101. The maximum Gasteiger partial charge on any atom is 0.260 e. The fourth-order valence-corrected chi connectivity index (χ4v) is 3.56. The van der Waals surface area contributed by atoms with Crippen molar-refractivity contribution in [1.29, 1.82) is 0 Å². The highest BCUT2D eigenvalue weighted by Crippen LogP contribution is 2.32. The summed E-state index contributed by atoms with van der Waals surface area (Å²) in [4.78, 5) is 18.6. The number of fused-ring (bicyclic) bond motifs is 1. The number of benzene rings is 2. The summed E-state index contributed by atoms with van der Waals surface area (Å²) >= 11 is 1.19. The van der Waals surface area contributed by atoms with Gasteiger partial charge >= 0.3 is 0 Å². The summed E-state index contributed by atoms with van der Waals surface area (Å²) in [5.74, 6) is -0.875. The Hall–Kier alpha value is -3.06. The van der Waals surface area contributed by atoms with Gasteiger partial charge in [-0.1, -0.05) is 23.5 Å². The van der Waals surface area contributed by atoms with Gasteiger partial charge in [-0.15, -0.1) is 0 Å². The number of furan rings is 1. The molecule has 0 saturated heterocycles. The van der Waals surface area contributed by atoms with Gasteiger partial charge < -0.3 is 4.42 Å². The van der Waals surface area contributed by atoms with Crippen LogP contribution in [-0.4, -0.2) is 10.9 Å². The lowest BCUT2D eigenvalue weighted by Crippen LogP contribution is -2.30. The third-order valence-electron chi connectivity index (χ3n) is 3.80. The highest BCUT2D eigenvalue weighted by Gasteiger charge is 2.23. The van der Waals surface area contributed by atoms with Gasteiger partial charge in [-0.25, -0.2) is 13.8 Å². The zero-order valence-electron chi connectivity index (χ0n) is 13.4. The second kappa shape index (κ2) is 6.68. The molecule has 0 atom stereocenters. The Bertz CT molecular complexity index is 1080. The Kier molecular flexibility index (Phi) is 4.22. The maximum atomic E-state index is 14.0. The zero-order chi connectivity index (χ0) is 18.1. The van der Waals surface area contributed by atoms with Gasteiger partial charge in [-0.3, -0.25) is 9.69 Å². The SMILES string of the molecule is O=C(c1cccc(F)c1)N(Cc1ccco1)c1nc2c(F)cccc2s1. The van der Waals surface area contributed by atoms with Crippen LogP contribution in [0.3, 0.4) is 0 Å². The summed E-state index contributed by atoms with van der Waals surface area (Å²) in [6, 6.07) is 13.5. The summed E-state index contributed by atoms with van der Waals surface area (Å²) in [5.41, 5.74) is 0.375. The van der Waals surface area contributed by atoms with E-state index in [1.807, 2.05) is 0 Å². The van der Waals surface area contributed by atoms with E-state index < -0.39 is 17.5 Å². The Morgan fingerprint density at radius 3 is 2.69 bits per heavy atom. The molecule has 26 heavy (non-hydrogen) atoms. The molecule has 0 N–H and O–H groups in total. The lowest BCUT2D eigenvalue weighted by atomic mass is 10.2. The highest BCUT2D eigenvalue weighted by atomic mass is 32.1.